The normalized spacial score (nSPS) is 12.3. The molecule has 0 fully saturated rings. The number of aryl methyl sites for hydroxylation is 2. The Morgan fingerprint density at radius 2 is 1.71 bits per heavy atom. The van der Waals surface area contributed by atoms with E-state index in [1.54, 1.807) is 21.0 Å². The highest BCUT2D eigenvalue weighted by Gasteiger charge is 2.16. The summed E-state index contributed by atoms with van der Waals surface area (Å²) in [6.45, 7) is 3.59. The molecule has 0 spiro atoms. The zero-order valence-electron chi connectivity index (χ0n) is 12.6. The molecule has 0 heterocycles. The summed E-state index contributed by atoms with van der Waals surface area (Å²) in [6.07, 6.45) is 0. The maximum Gasteiger partial charge on any atom is 0.133 e. The van der Waals surface area contributed by atoms with Crippen LogP contribution in [0.15, 0.2) is 34.8 Å². The number of benzene rings is 2. The maximum atomic E-state index is 13.8. The lowest BCUT2D eigenvalue weighted by Gasteiger charge is -2.20. The molecule has 0 amide bonds. The summed E-state index contributed by atoms with van der Waals surface area (Å²) in [6, 6.07) is 9.74. The largest absolute Gasteiger partial charge is 0.496 e. The van der Waals surface area contributed by atoms with Crippen LogP contribution in [-0.4, -0.2) is 14.2 Å². The average molecular weight is 352 g/mol. The Balaban J connectivity index is 2.47. The summed E-state index contributed by atoms with van der Waals surface area (Å²) in [7, 11) is 3.54. The second-order valence-corrected chi connectivity index (χ2v) is 5.94. The predicted molar refractivity (Wildman–Crippen MR) is 87.5 cm³/mol. The number of ether oxygens (including phenoxy) is 1. The Morgan fingerprint density at radius 3 is 2.19 bits per heavy atom. The van der Waals surface area contributed by atoms with Crippen LogP contribution < -0.4 is 10.1 Å². The molecule has 0 aromatic heterocycles. The smallest absolute Gasteiger partial charge is 0.133 e. The zero-order chi connectivity index (χ0) is 15.6. The molecule has 2 nitrogen and oxygen atoms in total. The molecular weight excluding hydrogens is 333 g/mol. The minimum Gasteiger partial charge on any atom is -0.496 e. The lowest BCUT2D eigenvalue weighted by atomic mass is 9.95. The molecular formula is C17H19BrFNO. The Morgan fingerprint density at radius 1 is 1.10 bits per heavy atom. The summed E-state index contributed by atoms with van der Waals surface area (Å²) < 4.78 is 20.0. The lowest BCUT2D eigenvalue weighted by molar-refractivity contribution is 0.412. The molecule has 1 unspecified atom stereocenters. The predicted octanol–water partition coefficient (Wildman–Crippen LogP) is 4.52. The van der Waals surface area contributed by atoms with Gasteiger partial charge in [0.1, 0.15) is 11.6 Å². The third-order valence-corrected chi connectivity index (χ3v) is 4.21. The first-order valence-electron chi connectivity index (χ1n) is 6.75. The van der Waals surface area contributed by atoms with Crippen molar-refractivity contribution < 1.29 is 9.13 Å². The third kappa shape index (κ3) is 3.27. The molecule has 0 aliphatic rings. The van der Waals surface area contributed by atoms with Gasteiger partial charge in [-0.25, -0.2) is 4.39 Å². The highest BCUT2D eigenvalue weighted by atomic mass is 79.9. The van der Waals surface area contributed by atoms with Crippen LogP contribution in [0.5, 0.6) is 5.75 Å². The second kappa shape index (κ2) is 6.58. The zero-order valence-corrected chi connectivity index (χ0v) is 14.2. The summed E-state index contributed by atoms with van der Waals surface area (Å²) >= 11 is 3.51. The Kier molecular flexibility index (Phi) is 5.01. The van der Waals surface area contributed by atoms with Crippen LogP contribution in [-0.2, 0) is 0 Å². The van der Waals surface area contributed by atoms with E-state index in [1.807, 2.05) is 37.4 Å². The van der Waals surface area contributed by atoms with E-state index in [2.05, 4.69) is 21.2 Å². The van der Waals surface area contributed by atoms with Crippen LogP contribution in [0.25, 0.3) is 0 Å². The molecule has 1 atom stereocenters. The van der Waals surface area contributed by atoms with E-state index in [0.29, 0.717) is 11.1 Å². The number of methoxy groups -OCH3 is 1. The van der Waals surface area contributed by atoms with Crippen molar-refractivity contribution in [3.05, 3.63) is 62.9 Å². The number of hydrogen-bond donors (Lipinski definition) is 1. The quantitative estimate of drug-likeness (QED) is 0.873. The summed E-state index contributed by atoms with van der Waals surface area (Å²) in [5.74, 6) is 0.657. The number of hydrogen-bond acceptors (Lipinski definition) is 2. The Bertz CT molecular complexity index is 634. The average Bonchev–Trinajstić information content (AvgIpc) is 2.45. The molecule has 0 saturated heterocycles. The van der Waals surface area contributed by atoms with Crippen LogP contribution in [0.2, 0.25) is 0 Å². The summed E-state index contributed by atoms with van der Waals surface area (Å²) in [4.78, 5) is 0. The Hall–Kier alpha value is -1.39. The van der Waals surface area contributed by atoms with Crippen LogP contribution in [0.3, 0.4) is 0 Å². The topological polar surface area (TPSA) is 21.3 Å². The fourth-order valence-corrected chi connectivity index (χ4v) is 3.09. The molecule has 2 aromatic rings. The van der Waals surface area contributed by atoms with Crippen molar-refractivity contribution in [2.24, 2.45) is 0 Å². The molecule has 0 aliphatic carbocycles. The van der Waals surface area contributed by atoms with Gasteiger partial charge in [0.15, 0.2) is 0 Å². The molecule has 0 aliphatic heterocycles. The van der Waals surface area contributed by atoms with E-state index in [0.717, 1.165) is 21.3 Å². The second-order valence-electron chi connectivity index (χ2n) is 5.08. The molecule has 0 bridgehead atoms. The van der Waals surface area contributed by atoms with Crippen molar-refractivity contribution in [1.29, 1.82) is 0 Å². The molecule has 112 valence electrons. The first-order valence-corrected chi connectivity index (χ1v) is 7.54. The molecule has 21 heavy (non-hydrogen) atoms. The minimum atomic E-state index is -0.135. The van der Waals surface area contributed by atoms with Crippen molar-refractivity contribution in [2.75, 3.05) is 14.2 Å². The molecule has 4 heteroatoms. The molecule has 0 saturated carbocycles. The van der Waals surface area contributed by atoms with Gasteiger partial charge in [-0.2, -0.15) is 0 Å². The van der Waals surface area contributed by atoms with Crippen molar-refractivity contribution >= 4 is 15.9 Å². The Labute approximate surface area is 133 Å². The fourth-order valence-electron chi connectivity index (χ4n) is 2.53. The van der Waals surface area contributed by atoms with Crippen LogP contribution >= 0.6 is 15.9 Å². The van der Waals surface area contributed by atoms with Gasteiger partial charge in [0.25, 0.3) is 0 Å². The van der Waals surface area contributed by atoms with Gasteiger partial charge in [-0.1, -0.05) is 18.2 Å². The van der Waals surface area contributed by atoms with Crippen LogP contribution in [0.1, 0.15) is 28.3 Å². The van der Waals surface area contributed by atoms with E-state index in [1.165, 1.54) is 0 Å². The van der Waals surface area contributed by atoms with Gasteiger partial charge in [-0.3, -0.25) is 0 Å². The number of nitrogens with one attached hydrogen (secondary N) is 1. The van der Waals surface area contributed by atoms with Crippen molar-refractivity contribution in [3.63, 3.8) is 0 Å². The van der Waals surface area contributed by atoms with Gasteiger partial charge < -0.3 is 10.1 Å². The van der Waals surface area contributed by atoms with Gasteiger partial charge in [0, 0.05) is 0 Å². The summed E-state index contributed by atoms with van der Waals surface area (Å²) in [5, 5.41) is 3.29. The minimum absolute atomic E-state index is 0.00482. The van der Waals surface area contributed by atoms with Gasteiger partial charge >= 0.3 is 0 Å². The standard InChI is InChI=1S/C17H19BrFNO/c1-10-7-13(8-11(2)16(10)19)17(20-3)12-5-6-15(21-4)14(18)9-12/h5-9,17,20H,1-4H3. The number of halogens is 2. The van der Waals surface area contributed by atoms with Crippen molar-refractivity contribution in [3.8, 4) is 5.75 Å². The monoisotopic (exact) mass is 351 g/mol. The fraction of sp³-hybridized carbons (Fsp3) is 0.294. The maximum absolute atomic E-state index is 13.8. The molecule has 0 radical (unpaired) electrons. The van der Waals surface area contributed by atoms with Gasteiger partial charge in [-0.05, 0) is 71.2 Å². The third-order valence-electron chi connectivity index (χ3n) is 3.59. The first-order chi connectivity index (χ1) is 9.97. The SMILES string of the molecule is CNC(c1cc(C)c(F)c(C)c1)c1ccc(OC)c(Br)c1. The molecule has 1 N–H and O–H groups in total. The van der Waals surface area contributed by atoms with E-state index >= 15 is 0 Å². The van der Waals surface area contributed by atoms with Crippen LogP contribution in [0, 0.1) is 19.7 Å². The lowest BCUT2D eigenvalue weighted by Crippen LogP contribution is -2.18. The van der Waals surface area contributed by atoms with Gasteiger partial charge in [-0.15, -0.1) is 0 Å². The highest BCUT2D eigenvalue weighted by Crippen LogP contribution is 2.31. The summed E-state index contributed by atoms with van der Waals surface area (Å²) in [5.41, 5.74) is 3.47. The van der Waals surface area contributed by atoms with Gasteiger partial charge in [0.05, 0.1) is 17.6 Å². The molecule has 2 rings (SSSR count). The van der Waals surface area contributed by atoms with E-state index < -0.39 is 0 Å². The molecule has 2 aromatic carbocycles. The van der Waals surface area contributed by atoms with Gasteiger partial charge in [0.2, 0.25) is 0 Å². The number of rotatable bonds is 4. The van der Waals surface area contributed by atoms with E-state index in [-0.39, 0.29) is 11.9 Å². The first kappa shape index (κ1) is 16.0. The van der Waals surface area contributed by atoms with Crippen molar-refractivity contribution in [1.82, 2.24) is 5.32 Å². The highest BCUT2D eigenvalue weighted by molar-refractivity contribution is 9.10. The van der Waals surface area contributed by atoms with Crippen molar-refractivity contribution in [2.45, 2.75) is 19.9 Å². The van der Waals surface area contributed by atoms with E-state index in [4.69, 9.17) is 4.74 Å². The van der Waals surface area contributed by atoms with Crippen LogP contribution in [0.4, 0.5) is 4.39 Å². The van der Waals surface area contributed by atoms with E-state index in [9.17, 15) is 4.39 Å².